The second-order valence-electron chi connectivity index (χ2n) is 7.34. The molecule has 1 aliphatic heterocycles. The zero-order valence-corrected chi connectivity index (χ0v) is 16.3. The average molecular weight is 411 g/mol. The van der Waals surface area contributed by atoms with E-state index >= 15 is 0 Å². The van der Waals surface area contributed by atoms with E-state index in [0.717, 1.165) is 22.3 Å². The van der Waals surface area contributed by atoms with Crippen molar-refractivity contribution in [3.8, 4) is 22.6 Å². The fourth-order valence-corrected chi connectivity index (χ4v) is 3.61. The van der Waals surface area contributed by atoms with E-state index in [1.807, 2.05) is 54.6 Å². The molecule has 1 fully saturated rings. The van der Waals surface area contributed by atoms with Crippen molar-refractivity contribution < 1.29 is 14.1 Å². The lowest BCUT2D eigenvalue weighted by Gasteiger charge is -2.06. The van der Waals surface area contributed by atoms with E-state index in [1.54, 1.807) is 12.1 Å². The zero-order chi connectivity index (χ0) is 21.4. The number of benzene rings is 3. The van der Waals surface area contributed by atoms with Gasteiger partial charge < -0.3 is 9.15 Å². The molecule has 31 heavy (non-hydrogen) atoms. The standard InChI is InChI=1S/C25H17NO5/c27-21-14-22(16-4-2-1-3-5-16)30-23(15-21)17-6-8-18(9-7-17)24-25(31-24)19-10-12-20(13-11-19)26(28)29/h1-15,24-25H/t24-,25-/m0/s1. The van der Waals surface area contributed by atoms with Crippen LogP contribution in [0.25, 0.3) is 22.6 Å². The number of rotatable bonds is 5. The molecule has 0 bridgehead atoms. The molecule has 2 atom stereocenters. The number of nitrogens with zero attached hydrogens (tertiary/aromatic N) is 1. The molecule has 0 radical (unpaired) electrons. The molecule has 0 amide bonds. The molecule has 6 heteroatoms. The van der Waals surface area contributed by atoms with E-state index in [1.165, 1.54) is 24.3 Å². The minimum absolute atomic E-state index is 0.0597. The maximum Gasteiger partial charge on any atom is 0.269 e. The molecule has 5 rings (SSSR count). The van der Waals surface area contributed by atoms with Crippen LogP contribution < -0.4 is 5.43 Å². The van der Waals surface area contributed by atoms with Crippen LogP contribution in [-0.4, -0.2) is 4.92 Å². The largest absolute Gasteiger partial charge is 0.456 e. The van der Waals surface area contributed by atoms with Gasteiger partial charge in [-0.25, -0.2) is 0 Å². The fraction of sp³-hybridized carbons (Fsp3) is 0.0800. The second-order valence-corrected chi connectivity index (χ2v) is 7.34. The third-order valence-electron chi connectivity index (χ3n) is 5.27. The van der Waals surface area contributed by atoms with Gasteiger partial charge in [0.2, 0.25) is 0 Å². The Morgan fingerprint density at radius 1 is 0.710 bits per heavy atom. The Bertz CT molecular complexity index is 1290. The summed E-state index contributed by atoms with van der Waals surface area (Å²) in [6, 6.07) is 26.6. The Balaban J connectivity index is 1.36. The molecule has 152 valence electrons. The Labute approximate surface area is 177 Å². The molecule has 0 saturated carbocycles. The van der Waals surface area contributed by atoms with Crippen molar-refractivity contribution in [2.24, 2.45) is 0 Å². The van der Waals surface area contributed by atoms with Crippen LogP contribution in [0.15, 0.2) is 100 Å². The predicted octanol–water partition coefficient (Wildman–Crippen LogP) is 5.69. The highest BCUT2D eigenvalue weighted by Gasteiger charge is 2.41. The van der Waals surface area contributed by atoms with Crippen LogP contribution >= 0.6 is 0 Å². The van der Waals surface area contributed by atoms with Gasteiger partial charge in [-0.3, -0.25) is 14.9 Å². The van der Waals surface area contributed by atoms with E-state index in [2.05, 4.69) is 0 Å². The SMILES string of the molecule is O=c1cc(-c2ccccc2)oc(-c2ccc([C@@H]3O[C@H]3c3ccc([N+](=O)[O-])cc3)cc2)c1. The molecule has 0 N–H and O–H groups in total. The first-order valence-electron chi connectivity index (χ1n) is 9.79. The van der Waals surface area contributed by atoms with Gasteiger partial charge >= 0.3 is 0 Å². The summed E-state index contributed by atoms with van der Waals surface area (Å²) in [4.78, 5) is 22.6. The summed E-state index contributed by atoms with van der Waals surface area (Å²) in [5, 5.41) is 10.8. The van der Waals surface area contributed by atoms with Crippen molar-refractivity contribution in [2.75, 3.05) is 0 Å². The molecular weight excluding hydrogens is 394 g/mol. The summed E-state index contributed by atoms with van der Waals surface area (Å²) in [5.41, 5.74) is 3.48. The van der Waals surface area contributed by atoms with Crippen molar-refractivity contribution >= 4 is 5.69 Å². The molecule has 0 unspecified atom stereocenters. The number of epoxide rings is 1. The fourth-order valence-electron chi connectivity index (χ4n) is 3.61. The molecule has 1 saturated heterocycles. The normalized spacial score (nSPS) is 17.3. The second kappa shape index (κ2) is 7.66. The number of hydrogen-bond donors (Lipinski definition) is 0. The van der Waals surface area contributed by atoms with E-state index in [-0.39, 0.29) is 23.3 Å². The highest BCUT2D eigenvalue weighted by atomic mass is 16.6. The molecule has 0 aliphatic carbocycles. The van der Waals surface area contributed by atoms with Crippen LogP contribution in [0.4, 0.5) is 5.69 Å². The van der Waals surface area contributed by atoms with Gasteiger partial charge in [-0.2, -0.15) is 0 Å². The van der Waals surface area contributed by atoms with Crippen LogP contribution in [-0.2, 0) is 4.74 Å². The maximum atomic E-state index is 12.2. The predicted molar refractivity (Wildman–Crippen MR) is 116 cm³/mol. The van der Waals surface area contributed by atoms with Crippen molar-refractivity contribution in [3.63, 3.8) is 0 Å². The van der Waals surface area contributed by atoms with Crippen molar-refractivity contribution in [3.05, 3.63) is 122 Å². The lowest BCUT2D eigenvalue weighted by Crippen LogP contribution is -1.98. The van der Waals surface area contributed by atoms with E-state index in [0.29, 0.717) is 11.5 Å². The number of nitro benzene ring substituents is 1. The number of ether oxygens (including phenoxy) is 1. The monoisotopic (exact) mass is 411 g/mol. The molecule has 0 spiro atoms. The van der Waals surface area contributed by atoms with Gasteiger partial charge in [-0.05, 0) is 23.3 Å². The summed E-state index contributed by atoms with van der Waals surface area (Å²) in [7, 11) is 0. The molecule has 3 aromatic carbocycles. The Morgan fingerprint density at radius 2 is 1.23 bits per heavy atom. The minimum Gasteiger partial charge on any atom is -0.456 e. The summed E-state index contributed by atoms with van der Waals surface area (Å²) in [6.45, 7) is 0. The van der Waals surface area contributed by atoms with Crippen LogP contribution in [0.2, 0.25) is 0 Å². The molecule has 6 nitrogen and oxygen atoms in total. The number of nitro groups is 1. The number of non-ortho nitro benzene ring substituents is 1. The van der Waals surface area contributed by atoms with Gasteiger partial charge in [-0.1, -0.05) is 54.6 Å². The topological polar surface area (TPSA) is 85.9 Å². The highest BCUT2D eigenvalue weighted by Crippen LogP contribution is 2.51. The quantitative estimate of drug-likeness (QED) is 0.239. The molecule has 1 aromatic heterocycles. The molecular formula is C25H17NO5. The molecule has 4 aromatic rings. The summed E-state index contributed by atoms with van der Waals surface area (Å²) < 4.78 is 11.8. The van der Waals surface area contributed by atoms with Crippen LogP contribution in [0.5, 0.6) is 0 Å². The first kappa shape index (κ1) is 19.0. The summed E-state index contributed by atoms with van der Waals surface area (Å²) >= 11 is 0. The highest BCUT2D eigenvalue weighted by molar-refractivity contribution is 5.63. The van der Waals surface area contributed by atoms with Gasteiger partial charge in [0.15, 0.2) is 5.43 Å². The summed E-state index contributed by atoms with van der Waals surface area (Å²) in [5.74, 6) is 1.03. The van der Waals surface area contributed by atoms with Gasteiger partial charge in [0.05, 0.1) is 4.92 Å². The average Bonchev–Trinajstić information content (AvgIpc) is 3.60. The minimum atomic E-state index is -0.418. The van der Waals surface area contributed by atoms with E-state index in [4.69, 9.17) is 9.15 Å². The third-order valence-corrected chi connectivity index (χ3v) is 5.27. The lowest BCUT2D eigenvalue weighted by molar-refractivity contribution is -0.384. The smallest absolute Gasteiger partial charge is 0.269 e. The van der Waals surface area contributed by atoms with Crippen molar-refractivity contribution in [1.82, 2.24) is 0 Å². The van der Waals surface area contributed by atoms with Crippen LogP contribution in [0.3, 0.4) is 0 Å². The van der Waals surface area contributed by atoms with Crippen LogP contribution in [0, 0.1) is 10.1 Å². The maximum absolute atomic E-state index is 12.2. The molecule has 1 aliphatic rings. The lowest BCUT2D eigenvalue weighted by atomic mass is 10.0. The van der Waals surface area contributed by atoms with E-state index in [9.17, 15) is 14.9 Å². The van der Waals surface area contributed by atoms with Crippen molar-refractivity contribution in [2.45, 2.75) is 12.2 Å². The van der Waals surface area contributed by atoms with Gasteiger partial charge in [0.25, 0.3) is 5.69 Å². The first-order chi connectivity index (χ1) is 15.1. The Hall–Kier alpha value is -4.03. The molecule has 2 heterocycles. The van der Waals surface area contributed by atoms with Gasteiger partial charge in [-0.15, -0.1) is 0 Å². The number of hydrogen-bond acceptors (Lipinski definition) is 5. The summed E-state index contributed by atoms with van der Waals surface area (Å²) in [6.07, 6.45) is -0.218. The zero-order valence-electron chi connectivity index (χ0n) is 16.3. The van der Waals surface area contributed by atoms with Crippen LogP contribution in [0.1, 0.15) is 23.3 Å². The van der Waals surface area contributed by atoms with E-state index < -0.39 is 4.92 Å². The van der Waals surface area contributed by atoms with Crippen molar-refractivity contribution in [1.29, 1.82) is 0 Å². The Kier molecular flexibility index (Phi) is 4.69. The Morgan fingerprint density at radius 3 is 1.77 bits per heavy atom. The van der Waals surface area contributed by atoms with Gasteiger partial charge in [0, 0.05) is 35.4 Å². The third kappa shape index (κ3) is 3.89. The first-order valence-corrected chi connectivity index (χ1v) is 9.79. The van der Waals surface area contributed by atoms with Gasteiger partial charge in [0.1, 0.15) is 23.7 Å².